The first kappa shape index (κ1) is 19.2. The molecule has 2 rings (SSSR count). The normalized spacial score (nSPS) is 15.0. The molecule has 0 aromatic heterocycles. The van der Waals surface area contributed by atoms with Crippen LogP contribution in [0.15, 0.2) is 22.7 Å². The minimum Gasteiger partial charge on any atom is -0.444 e. The highest BCUT2D eigenvalue weighted by atomic mass is 79.9. The van der Waals surface area contributed by atoms with Crippen LogP contribution in [0, 0.1) is 10.1 Å². The van der Waals surface area contributed by atoms with Gasteiger partial charge in [0.1, 0.15) is 10.1 Å². The summed E-state index contributed by atoms with van der Waals surface area (Å²) in [7, 11) is 0. The zero-order chi connectivity index (χ0) is 18.8. The van der Waals surface area contributed by atoms with Crippen molar-refractivity contribution in [3.8, 4) is 0 Å². The number of carbonyl (C=O) groups excluding carboxylic acids is 2. The molecule has 0 spiro atoms. The molecule has 0 unspecified atom stereocenters. The van der Waals surface area contributed by atoms with E-state index in [0.717, 1.165) is 0 Å². The number of carbonyl (C=O) groups is 2. The summed E-state index contributed by atoms with van der Waals surface area (Å²) in [5.74, 6) is -0.306. The fraction of sp³-hybridized carbons (Fsp3) is 0.500. The summed E-state index contributed by atoms with van der Waals surface area (Å²) in [6, 6.07) is 4.36. The van der Waals surface area contributed by atoms with E-state index in [1.165, 1.54) is 12.1 Å². The zero-order valence-corrected chi connectivity index (χ0v) is 15.9. The Morgan fingerprint density at radius 3 is 2.24 bits per heavy atom. The Labute approximate surface area is 154 Å². The lowest BCUT2D eigenvalue weighted by molar-refractivity contribution is -0.385. The van der Waals surface area contributed by atoms with Crippen LogP contribution in [0.3, 0.4) is 0 Å². The average Bonchev–Trinajstić information content (AvgIpc) is 2.52. The first-order chi connectivity index (χ1) is 11.6. The third-order valence-electron chi connectivity index (χ3n) is 3.62. The van der Waals surface area contributed by atoms with Gasteiger partial charge in [-0.05, 0) is 42.8 Å². The van der Waals surface area contributed by atoms with E-state index in [2.05, 4.69) is 15.9 Å². The van der Waals surface area contributed by atoms with Gasteiger partial charge in [-0.25, -0.2) is 4.79 Å². The van der Waals surface area contributed by atoms with Gasteiger partial charge in [0.05, 0.1) is 10.5 Å². The number of nitro groups is 1. The topological polar surface area (TPSA) is 93.0 Å². The number of rotatable bonds is 2. The summed E-state index contributed by atoms with van der Waals surface area (Å²) >= 11 is 3.14. The second kappa shape index (κ2) is 7.38. The predicted molar refractivity (Wildman–Crippen MR) is 94.5 cm³/mol. The van der Waals surface area contributed by atoms with Crippen molar-refractivity contribution in [2.24, 2.45) is 0 Å². The molecule has 0 N–H and O–H groups in total. The summed E-state index contributed by atoms with van der Waals surface area (Å²) < 4.78 is 5.49. The summed E-state index contributed by atoms with van der Waals surface area (Å²) in [5, 5.41) is 11.0. The Kier molecular flexibility index (Phi) is 5.66. The largest absolute Gasteiger partial charge is 0.444 e. The van der Waals surface area contributed by atoms with Crippen molar-refractivity contribution in [3.05, 3.63) is 38.3 Å². The Morgan fingerprint density at radius 2 is 1.72 bits per heavy atom. The van der Waals surface area contributed by atoms with Crippen molar-refractivity contribution in [1.82, 2.24) is 9.80 Å². The molecule has 1 aromatic rings. The third-order valence-corrected chi connectivity index (χ3v) is 4.46. The minimum absolute atomic E-state index is 0.154. The van der Waals surface area contributed by atoms with Gasteiger partial charge in [0.15, 0.2) is 0 Å². The monoisotopic (exact) mass is 413 g/mol. The van der Waals surface area contributed by atoms with Crippen molar-refractivity contribution in [2.75, 3.05) is 26.2 Å². The number of hydrogen-bond acceptors (Lipinski definition) is 5. The Morgan fingerprint density at radius 1 is 1.16 bits per heavy atom. The molecule has 8 nitrogen and oxygen atoms in total. The minimum atomic E-state index is -0.572. The Hall–Kier alpha value is -2.16. The second-order valence-electron chi connectivity index (χ2n) is 6.66. The number of benzene rings is 1. The van der Waals surface area contributed by atoms with Crippen molar-refractivity contribution in [3.63, 3.8) is 0 Å². The first-order valence-corrected chi connectivity index (χ1v) is 8.59. The number of ether oxygens (including phenoxy) is 1. The van der Waals surface area contributed by atoms with Crippen LogP contribution < -0.4 is 0 Å². The maximum absolute atomic E-state index is 12.6. The third kappa shape index (κ3) is 4.68. The smallest absolute Gasteiger partial charge is 0.410 e. The van der Waals surface area contributed by atoms with Gasteiger partial charge in [0, 0.05) is 32.2 Å². The second-order valence-corrected chi connectivity index (χ2v) is 7.45. The van der Waals surface area contributed by atoms with E-state index < -0.39 is 16.6 Å². The molecular weight excluding hydrogens is 394 g/mol. The van der Waals surface area contributed by atoms with E-state index in [1.807, 2.05) is 0 Å². The number of hydrogen-bond donors (Lipinski definition) is 0. The molecule has 1 heterocycles. The van der Waals surface area contributed by atoms with Crippen molar-refractivity contribution in [1.29, 1.82) is 0 Å². The highest BCUT2D eigenvalue weighted by molar-refractivity contribution is 9.10. The molecule has 1 aromatic carbocycles. The van der Waals surface area contributed by atoms with Crippen molar-refractivity contribution >= 4 is 33.6 Å². The van der Waals surface area contributed by atoms with Crippen LogP contribution in [0.5, 0.6) is 0 Å². The van der Waals surface area contributed by atoms with Gasteiger partial charge in [0.25, 0.3) is 11.6 Å². The standard InChI is InChI=1S/C16H20BrN3O5/c1-16(2,3)25-15(22)19-9-7-18(8-10-19)14(21)11-5-4-6-12(13(11)17)20(23)24/h4-6H,7-10H2,1-3H3. The van der Waals surface area contributed by atoms with E-state index in [1.54, 1.807) is 36.6 Å². The Balaban J connectivity index is 2.04. The lowest BCUT2D eigenvalue weighted by Crippen LogP contribution is -2.51. The summed E-state index contributed by atoms with van der Waals surface area (Å²) in [6.07, 6.45) is -0.406. The van der Waals surface area contributed by atoms with Crippen LogP contribution in [0.1, 0.15) is 31.1 Å². The number of nitrogens with zero attached hydrogens (tertiary/aromatic N) is 3. The molecule has 1 aliphatic rings. The van der Waals surface area contributed by atoms with E-state index in [4.69, 9.17) is 4.74 Å². The average molecular weight is 414 g/mol. The molecule has 1 saturated heterocycles. The molecule has 0 bridgehead atoms. The lowest BCUT2D eigenvalue weighted by Gasteiger charge is -2.35. The molecule has 1 aliphatic heterocycles. The van der Waals surface area contributed by atoms with Crippen LogP contribution in [-0.2, 0) is 4.74 Å². The molecule has 0 saturated carbocycles. The van der Waals surface area contributed by atoms with E-state index >= 15 is 0 Å². The molecular formula is C16H20BrN3O5. The SMILES string of the molecule is CC(C)(C)OC(=O)N1CCN(C(=O)c2cccc([N+](=O)[O-])c2Br)CC1. The number of amides is 2. The maximum Gasteiger partial charge on any atom is 0.410 e. The zero-order valence-electron chi connectivity index (χ0n) is 14.3. The van der Waals surface area contributed by atoms with Crippen LogP contribution in [0.25, 0.3) is 0 Å². The van der Waals surface area contributed by atoms with Gasteiger partial charge in [-0.2, -0.15) is 0 Å². The molecule has 1 fully saturated rings. The van der Waals surface area contributed by atoms with E-state index in [9.17, 15) is 19.7 Å². The summed E-state index contributed by atoms with van der Waals surface area (Å²) in [6.45, 7) is 6.78. The van der Waals surface area contributed by atoms with Crippen LogP contribution >= 0.6 is 15.9 Å². The van der Waals surface area contributed by atoms with Crippen molar-refractivity contribution < 1.29 is 19.2 Å². The highest BCUT2D eigenvalue weighted by Crippen LogP contribution is 2.29. The van der Waals surface area contributed by atoms with E-state index in [0.29, 0.717) is 26.2 Å². The lowest BCUT2D eigenvalue weighted by atomic mass is 10.1. The molecule has 25 heavy (non-hydrogen) atoms. The van der Waals surface area contributed by atoms with Crippen LogP contribution in [0.4, 0.5) is 10.5 Å². The Bertz CT molecular complexity index is 694. The number of halogens is 1. The molecule has 0 aliphatic carbocycles. The van der Waals surface area contributed by atoms with Gasteiger partial charge in [-0.15, -0.1) is 0 Å². The first-order valence-electron chi connectivity index (χ1n) is 7.80. The fourth-order valence-corrected chi connectivity index (χ4v) is 2.99. The fourth-order valence-electron chi connectivity index (χ4n) is 2.41. The van der Waals surface area contributed by atoms with Gasteiger partial charge in [-0.1, -0.05) is 6.07 Å². The predicted octanol–water partition coefficient (Wildman–Crippen LogP) is 3.05. The summed E-state index contributed by atoms with van der Waals surface area (Å²) in [4.78, 5) is 38.3. The van der Waals surface area contributed by atoms with Crippen LogP contribution in [-0.4, -0.2) is 58.5 Å². The van der Waals surface area contributed by atoms with Gasteiger partial charge in [0.2, 0.25) is 0 Å². The molecule has 9 heteroatoms. The van der Waals surface area contributed by atoms with Gasteiger partial charge >= 0.3 is 6.09 Å². The molecule has 2 amide bonds. The molecule has 136 valence electrons. The quantitative estimate of drug-likeness (QED) is 0.548. The van der Waals surface area contributed by atoms with Gasteiger partial charge in [-0.3, -0.25) is 14.9 Å². The van der Waals surface area contributed by atoms with E-state index in [-0.39, 0.29) is 21.6 Å². The molecule has 0 radical (unpaired) electrons. The summed E-state index contributed by atoms with van der Waals surface area (Å²) in [5.41, 5.74) is -0.490. The van der Waals surface area contributed by atoms with Crippen LogP contribution in [0.2, 0.25) is 0 Å². The number of nitro benzene ring substituents is 1. The van der Waals surface area contributed by atoms with Crippen molar-refractivity contribution in [2.45, 2.75) is 26.4 Å². The number of piperazine rings is 1. The molecule has 0 atom stereocenters. The highest BCUT2D eigenvalue weighted by Gasteiger charge is 2.29. The maximum atomic E-state index is 12.6. The van der Waals surface area contributed by atoms with Gasteiger partial charge < -0.3 is 14.5 Å².